The number of fused-ring (bicyclic) bond motifs is 1. The molecule has 1 aromatic carbocycles. The minimum atomic E-state index is -0.294. The molecule has 1 aromatic heterocycles. The number of anilines is 1. The molecule has 32 heavy (non-hydrogen) atoms. The highest BCUT2D eigenvalue weighted by Gasteiger charge is 2.45. The van der Waals surface area contributed by atoms with E-state index < -0.39 is 0 Å². The van der Waals surface area contributed by atoms with Gasteiger partial charge in [-0.2, -0.15) is 0 Å². The minimum absolute atomic E-state index is 0.0719. The summed E-state index contributed by atoms with van der Waals surface area (Å²) in [5, 5.41) is 0.435. The van der Waals surface area contributed by atoms with Crippen molar-refractivity contribution in [1.29, 1.82) is 0 Å². The van der Waals surface area contributed by atoms with Gasteiger partial charge in [0.1, 0.15) is 11.6 Å². The lowest BCUT2D eigenvalue weighted by Crippen LogP contribution is -2.49. The van der Waals surface area contributed by atoms with Crippen molar-refractivity contribution >= 4 is 22.9 Å². The number of aromatic nitrogens is 2. The first kappa shape index (κ1) is 20.4. The largest absolute Gasteiger partial charge is 0.369 e. The summed E-state index contributed by atoms with van der Waals surface area (Å²) in [4.78, 5) is 25.5. The molecule has 2 aromatic rings. The Morgan fingerprint density at radius 3 is 2.66 bits per heavy atom. The molecule has 168 valence electrons. The van der Waals surface area contributed by atoms with Crippen LogP contribution in [-0.2, 0) is 12.8 Å². The first-order valence-corrected chi connectivity index (χ1v) is 12.1. The standard InChI is InChI=1S/C25H28ClFN4O/c26-17-12-18(27)14-20(13-17)31-9-7-30(8-10-31)19-2-1-16(11-19)23-28-22-3-4-25(5-6-25)15-21(22)24(32)29-23/h11-14,19H,1-10,15H2,(H,28,29,32)/t19-/m1/s1. The van der Waals surface area contributed by atoms with Crippen LogP contribution < -0.4 is 10.5 Å². The lowest BCUT2D eigenvalue weighted by molar-refractivity contribution is 0.214. The van der Waals surface area contributed by atoms with Crippen molar-refractivity contribution in [1.82, 2.24) is 14.9 Å². The van der Waals surface area contributed by atoms with Gasteiger partial charge < -0.3 is 9.88 Å². The highest BCUT2D eigenvalue weighted by Crippen LogP contribution is 2.53. The van der Waals surface area contributed by atoms with Crippen LogP contribution >= 0.6 is 11.6 Å². The molecule has 1 aliphatic heterocycles. The molecule has 1 atom stereocenters. The van der Waals surface area contributed by atoms with Crippen molar-refractivity contribution in [2.75, 3.05) is 31.1 Å². The Balaban J connectivity index is 1.14. The van der Waals surface area contributed by atoms with E-state index in [1.807, 2.05) is 6.07 Å². The second-order valence-electron chi connectivity index (χ2n) is 9.97. The van der Waals surface area contributed by atoms with Crippen LogP contribution in [0.4, 0.5) is 10.1 Å². The fraction of sp³-hybridized carbons (Fsp3) is 0.520. The number of rotatable bonds is 3. The van der Waals surface area contributed by atoms with Gasteiger partial charge in [0.05, 0.1) is 5.69 Å². The lowest BCUT2D eigenvalue weighted by Gasteiger charge is -2.38. The molecule has 1 saturated heterocycles. The number of halogens is 2. The molecule has 2 fully saturated rings. The van der Waals surface area contributed by atoms with Gasteiger partial charge in [-0.05, 0) is 74.1 Å². The lowest BCUT2D eigenvalue weighted by atomic mass is 9.84. The zero-order valence-electron chi connectivity index (χ0n) is 18.2. The van der Waals surface area contributed by atoms with E-state index in [0.29, 0.717) is 16.5 Å². The molecule has 0 unspecified atom stereocenters. The van der Waals surface area contributed by atoms with Gasteiger partial charge in [0.25, 0.3) is 5.56 Å². The van der Waals surface area contributed by atoms with E-state index >= 15 is 0 Å². The van der Waals surface area contributed by atoms with Crippen molar-refractivity contribution in [2.24, 2.45) is 5.41 Å². The molecule has 5 nitrogen and oxygen atoms in total. The van der Waals surface area contributed by atoms with Crippen LogP contribution in [-0.4, -0.2) is 47.1 Å². The van der Waals surface area contributed by atoms with Crippen LogP contribution in [0.25, 0.3) is 5.57 Å². The van der Waals surface area contributed by atoms with E-state index in [1.165, 1.54) is 30.9 Å². The van der Waals surface area contributed by atoms with Gasteiger partial charge in [-0.1, -0.05) is 17.7 Å². The first-order valence-electron chi connectivity index (χ1n) is 11.8. The molecule has 2 heterocycles. The molecule has 0 radical (unpaired) electrons. The molecule has 1 saturated carbocycles. The van der Waals surface area contributed by atoms with Crippen molar-refractivity contribution in [3.05, 3.63) is 62.6 Å². The van der Waals surface area contributed by atoms with Crippen LogP contribution in [0, 0.1) is 11.2 Å². The van der Waals surface area contributed by atoms with Gasteiger partial charge in [-0.3, -0.25) is 9.69 Å². The van der Waals surface area contributed by atoms with Gasteiger partial charge >= 0.3 is 0 Å². The summed E-state index contributed by atoms with van der Waals surface area (Å²) in [6, 6.07) is 5.09. The molecule has 3 aliphatic carbocycles. The number of hydrogen-bond donors (Lipinski definition) is 1. The number of piperazine rings is 1. The number of nitrogens with one attached hydrogen (secondary N) is 1. The quantitative estimate of drug-likeness (QED) is 0.755. The van der Waals surface area contributed by atoms with Gasteiger partial charge in [0, 0.05) is 48.5 Å². The maximum absolute atomic E-state index is 13.7. The summed E-state index contributed by atoms with van der Waals surface area (Å²) in [7, 11) is 0. The number of aryl methyl sites for hydroxylation is 1. The molecule has 0 amide bonds. The van der Waals surface area contributed by atoms with Crippen molar-refractivity contribution in [2.45, 2.75) is 51.0 Å². The predicted octanol–water partition coefficient (Wildman–Crippen LogP) is 4.20. The maximum Gasteiger partial charge on any atom is 0.254 e. The number of H-pyrrole nitrogens is 1. The second-order valence-corrected chi connectivity index (χ2v) is 10.4. The Morgan fingerprint density at radius 2 is 1.91 bits per heavy atom. The van der Waals surface area contributed by atoms with Gasteiger partial charge in [0.2, 0.25) is 0 Å². The molecule has 6 rings (SSSR count). The summed E-state index contributed by atoms with van der Waals surface area (Å²) in [6.07, 6.45) is 9.84. The van der Waals surface area contributed by atoms with Crippen LogP contribution in [0.3, 0.4) is 0 Å². The number of aromatic amines is 1. The SMILES string of the molecule is O=c1[nH]c(C2=C[C@H](N3CCN(c4cc(F)cc(Cl)c4)CC3)CC2)nc2c1CC1(CC2)CC1. The Hall–Kier alpha value is -2.18. The molecule has 0 bridgehead atoms. The van der Waals surface area contributed by atoms with E-state index in [2.05, 4.69) is 20.9 Å². The summed E-state index contributed by atoms with van der Waals surface area (Å²) in [6.45, 7) is 3.52. The predicted molar refractivity (Wildman–Crippen MR) is 125 cm³/mol. The molecule has 7 heteroatoms. The molecular weight excluding hydrogens is 427 g/mol. The topological polar surface area (TPSA) is 52.2 Å². The number of hydrogen-bond acceptors (Lipinski definition) is 4. The summed E-state index contributed by atoms with van der Waals surface area (Å²) in [5.74, 6) is 0.480. The van der Waals surface area contributed by atoms with Crippen molar-refractivity contribution in [3.63, 3.8) is 0 Å². The summed E-state index contributed by atoms with van der Waals surface area (Å²) in [5.41, 5.74) is 4.46. The summed E-state index contributed by atoms with van der Waals surface area (Å²) >= 11 is 6.03. The second kappa shape index (κ2) is 7.70. The van der Waals surface area contributed by atoms with E-state index in [1.54, 1.807) is 6.07 Å². The van der Waals surface area contributed by atoms with Gasteiger partial charge in [-0.15, -0.1) is 0 Å². The van der Waals surface area contributed by atoms with E-state index in [0.717, 1.165) is 74.6 Å². The van der Waals surface area contributed by atoms with Crippen molar-refractivity contribution in [3.8, 4) is 0 Å². The third kappa shape index (κ3) is 3.77. The summed E-state index contributed by atoms with van der Waals surface area (Å²) < 4.78 is 13.7. The van der Waals surface area contributed by atoms with Crippen LogP contribution in [0.2, 0.25) is 5.02 Å². The zero-order chi connectivity index (χ0) is 21.9. The van der Waals surface area contributed by atoms with Crippen molar-refractivity contribution < 1.29 is 4.39 Å². The van der Waals surface area contributed by atoms with Crippen LogP contribution in [0.1, 0.15) is 49.2 Å². The Bertz CT molecular complexity index is 1130. The Labute approximate surface area is 192 Å². The third-order valence-corrected chi connectivity index (χ3v) is 8.12. The average molecular weight is 455 g/mol. The fourth-order valence-electron chi connectivity index (χ4n) is 5.76. The van der Waals surface area contributed by atoms with Gasteiger partial charge in [0.15, 0.2) is 0 Å². The highest BCUT2D eigenvalue weighted by atomic mass is 35.5. The smallest absolute Gasteiger partial charge is 0.254 e. The van der Waals surface area contributed by atoms with E-state index in [-0.39, 0.29) is 11.4 Å². The number of allylic oxidation sites excluding steroid dienone is 1. The zero-order valence-corrected chi connectivity index (χ0v) is 18.9. The molecular formula is C25H28ClFN4O. The van der Waals surface area contributed by atoms with E-state index in [9.17, 15) is 9.18 Å². The number of nitrogens with zero attached hydrogens (tertiary/aromatic N) is 3. The minimum Gasteiger partial charge on any atom is -0.369 e. The monoisotopic (exact) mass is 454 g/mol. The third-order valence-electron chi connectivity index (χ3n) is 7.91. The Kier molecular flexibility index (Phi) is 4.92. The normalized spacial score (nSPS) is 24.5. The Morgan fingerprint density at radius 1 is 1.09 bits per heavy atom. The molecule has 1 spiro atoms. The van der Waals surface area contributed by atoms with E-state index in [4.69, 9.17) is 16.6 Å². The average Bonchev–Trinajstić information content (AvgIpc) is 3.34. The maximum atomic E-state index is 13.7. The van der Waals surface area contributed by atoms with Crippen LogP contribution in [0.15, 0.2) is 29.1 Å². The highest BCUT2D eigenvalue weighted by molar-refractivity contribution is 6.30. The fourth-order valence-corrected chi connectivity index (χ4v) is 5.97. The number of benzene rings is 1. The molecule has 4 aliphatic rings. The molecule has 1 N–H and O–H groups in total. The first-order chi connectivity index (χ1) is 15.5. The van der Waals surface area contributed by atoms with Crippen LogP contribution in [0.5, 0.6) is 0 Å². The van der Waals surface area contributed by atoms with Gasteiger partial charge in [-0.25, -0.2) is 9.37 Å².